The van der Waals surface area contributed by atoms with Crippen LogP contribution in [-0.2, 0) is 75.6 Å². The van der Waals surface area contributed by atoms with Gasteiger partial charge in [0, 0.05) is 155 Å². The molecule has 0 aromatic carbocycles. The van der Waals surface area contributed by atoms with Crippen LogP contribution in [0.25, 0.3) is 0 Å². The second-order valence-electron chi connectivity index (χ2n) is 0. The minimum Gasteiger partial charge on any atom is 0 e. The SMILES string of the molecule is B.[Co].[Cr].[Nd].[Pt].[Re].[Tb]. The Morgan fingerprint density at radius 2 is 1.00 bits per heavy atom. The Hall–Kier alpha value is 5.09. The largest absolute Gasteiger partial charge is 0.0814 e. The predicted octanol–water partition coefficient (Wildman–Crippen LogP) is -1.19. The zero-order valence-electron chi connectivity index (χ0n) is 2.27. The smallest absolute Gasteiger partial charge is 0 e. The average Bonchev–Trinajstić information content (AvgIpc) is 0. The number of hydrogen-bond acceptors (Lipinski definition) is 0. The fourth-order valence-electron chi connectivity index (χ4n) is 0. The van der Waals surface area contributed by atoms with Crippen LogP contribution in [-0.4, -0.2) is 8.41 Å². The van der Waals surface area contributed by atoms with E-state index in [1.807, 2.05) is 0 Å². The molecule has 0 aliphatic carbocycles. The van der Waals surface area contributed by atoms with Crippen molar-refractivity contribution in [2.24, 2.45) is 0 Å². The van der Waals surface area contributed by atoms with Crippen LogP contribution in [0.15, 0.2) is 0 Å². The molecule has 0 amide bonds. The monoisotopic (exact) mass is 808 g/mol. The van der Waals surface area contributed by atoms with Crippen LogP contribution in [0.2, 0.25) is 0 Å². The molecule has 0 atom stereocenters. The van der Waals surface area contributed by atoms with Crippen LogP contribution in [0.4, 0.5) is 0 Å². The molecule has 0 bridgehead atoms. The van der Waals surface area contributed by atoms with E-state index in [4.69, 9.17) is 0 Å². The van der Waals surface area contributed by atoms with E-state index in [-0.39, 0.29) is 163 Å². The molecule has 0 aliphatic heterocycles. The summed E-state index contributed by atoms with van der Waals surface area (Å²) in [7, 11) is 0. The van der Waals surface area contributed by atoms with Gasteiger partial charge in [-0.2, -0.15) is 0 Å². The van der Waals surface area contributed by atoms with E-state index < -0.39 is 0 Å². The molecule has 0 N–H and O–H groups in total. The summed E-state index contributed by atoms with van der Waals surface area (Å²) in [5.41, 5.74) is 0. The molecule has 3 radical (unpaired) electrons. The first-order valence-corrected chi connectivity index (χ1v) is 0. The molecule has 0 aromatic heterocycles. The summed E-state index contributed by atoms with van der Waals surface area (Å²) < 4.78 is 0. The van der Waals surface area contributed by atoms with Crippen LogP contribution in [0, 0.1) is 79.5 Å². The van der Waals surface area contributed by atoms with E-state index in [0.29, 0.717) is 0 Å². The Balaban J connectivity index is 0. The fourth-order valence-corrected chi connectivity index (χ4v) is 0. The summed E-state index contributed by atoms with van der Waals surface area (Å²) in [6, 6.07) is 0. The molecule has 0 aliphatic rings. The Bertz CT molecular complexity index is 19.7. The van der Waals surface area contributed by atoms with Crippen molar-refractivity contribution in [3.63, 3.8) is 0 Å². The van der Waals surface area contributed by atoms with Gasteiger partial charge in [-0.3, -0.25) is 0 Å². The Morgan fingerprint density at radius 3 is 1.00 bits per heavy atom. The van der Waals surface area contributed by atoms with E-state index in [1.54, 1.807) is 0 Å². The average molecular weight is 809 g/mol. The maximum Gasteiger partial charge on any atom is 0.0814 e. The van der Waals surface area contributed by atoms with Crippen LogP contribution in [0.3, 0.4) is 0 Å². The number of rotatable bonds is 0. The topological polar surface area (TPSA) is 0 Å². The third-order valence-corrected chi connectivity index (χ3v) is 0. The van der Waals surface area contributed by atoms with Crippen molar-refractivity contribution in [2.45, 2.75) is 0 Å². The summed E-state index contributed by atoms with van der Waals surface area (Å²) in [5.74, 6) is 0. The van der Waals surface area contributed by atoms with Crippen molar-refractivity contribution in [3.05, 3.63) is 0 Å². The van der Waals surface area contributed by atoms with Gasteiger partial charge in [0.05, 0.1) is 8.41 Å². The van der Waals surface area contributed by atoms with Crippen LogP contribution < -0.4 is 0 Å². The van der Waals surface area contributed by atoms with E-state index in [0.717, 1.165) is 0 Å². The second-order valence-corrected chi connectivity index (χ2v) is 0. The summed E-state index contributed by atoms with van der Waals surface area (Å²) in [4.78, 5) is 0. The van der Waals surface area contributed by atoms with Gasteiger partial charge in [-0.1, -0.05) is 0 Å². The van der Waals surface area contributed by atoms with Gasteiger partial charge < -0.3 is 0 Å². The van der Waals surface area contributed by atoms with Crippen molar-refractivity contribution >= 4 is 8.41 Å². The quantitative estimate of drug-likeness (QED) is 0.271. The Kier molecular flexibility index (Phi) is 357. The van der Waals surface area contributed by atoms with Gasteiger partial charge in [0.1, 0.15) is 0 Å². The van der Waals surface area contributed by atoms with E-state index >= 15 is 0 Å². The van der Waals surface area contributed by atoms with Gasteiger partial charge in [0.2, 0.25) is 0 Å². The third-order valence-electron chi connectivity index (χ3n) is 0. The van der Waals surface area contributed by atoms with Crippen molar-refractivity contribution in [2.75, 3.05) is 0 Å². The van der Waals surface area contributed by atoms with Crippen molar-refractivity contribution in [1.29, 1.82) is 0 Å². The molecule has 0 spiro atoms. The van der Waals surface area contributed by atoms with Crippen molar-refractivity contribution < 1.29 is 155 Å². The van der Waals surface area contributed by atoms with Crippen LogP contribution in [0.5, 0.6) is 0 Å². The maximum absolute atomic E-state index is 0. The number of hydrogen-bond donors (Lipinski definition) is 0. The minimum atomic E-state index is 0. The molecular weight excluding hydrogens is 806 g/mol. The van der Waals surface area contributed by atoms with E-state index in [1.165, 1.54) is 0 Å². The minimum absolute atomic E-state index is 0. The zero-order valence-corrected chi connectivity index (χ0v) is 14.9. The zero-order chi connectivity index (χ0) is 0. The van der Waals surface area contributed by atoms with Crippen molar-refractivity contribution in [3.8, 4) is 0 Å². The summed E-state index contributed by atoms with van der Waals surface area (Å²) in [6.45, 7) is 0. The summed E-state index contributed by atoms with van der Waals surface area (Å²) >= 11 is 0. The van der Waals surface area contributed by atoms with Gasteiger partial charge in [-0.25, -0.2) is 0 Å². The molecule has 0 heterocycles. The van der Waals surface area contributed by atoms with Gasteiger partial charge >= 0.3 is 0 Å². The first-order valence-electron chi connectivity index (χ1n) is 0. The Morgan fingerprint density at radius 1 is 1.00 bits per heavy atom. The molecule has 7 heavy (non-hydrogen) atoms. The van der Waals surface area contributed by atoms with Gasteiger partial charge in [0.25, 0.3) is 0 Å². The van der Waals surface area contributed by atoms with Crippen LogP contribution in [0.1, 0.15) is 0 Å². The summed E-state index contributed by atoms with van der Waals surface area (Å²) in [5, 5.41) is 0. The molecule has 51 valence electrons. The van der Waals surface area contributed by atoms with Crippen LogP contribution >= 0.6 is 0 Å². The molecule has 0 saturated heterocycles. The first-order chi connectivity index (χ1) is 0. The molecular formula is H3BCoCrNdPtReTb. The van der Waals surface area contributed by atoms with Gasteiger partial charge in [-0.15, -0.1) is 0 Å². The molecule has 7 heteroatoms. The normalized spacial score (nSPS) is 0. The predicted molar refractivity (Wildman–Crippen MR) is 9.94 cm³/mol. The third kappa shape index (κ3) is 35.4. The molecule has 0 unspecified atom stereocenters. The standard InChI is InChI=1S/BH3.Co.Cr.Nd.Pt.Re.Tb/h1H3;;;;;;. The van der Waals surface area contributed by atoms with E-state index in [9.17, 15) is 0 Å². The molecule has 0 nitrogen and oxygen atoms in total. The molecule has 0 fully saturated rings. The van der Waals surface area contributed by atoms with E-state index in [2.05, 4.69) is 0 Å². The Labute approximate surface area is 159 Å². The molecule has 0 rings (SSSR count). The molecule has 0 aromatic rings. The second kappa shape index (κ2) is 43.6. The van der Waals surface area contributed by atoms with Gasteiger partial charge in [-0.05, 0) is 0 Å². The van der Waals surface area contributed by atoms with Gasteiger partial charge in [0.15, 0.2) is 0 Å². The maximum atomic E-state index is 0. The van der Waals surface area contributed by atoms with Crippen molar-refractivity contribution in [1.82, 2.24) is 0 Å². The molecule has 0 saturated carbocycles. The first kappa shape index (κ1) is 57.4. The fraction of sp³-hybridized carbons (Fsp3) is 0. The summed E-state index contributed by atoms with van der Waals surface area (Å²) in [6.07, 6.45) is 0.